The summed E-state index contributed by atoms with van der Waals surface area (Å²) in [5, 5.41) is 0. The summed E-state index contributed by atoms with van der Waals surface area (Å²) in [7, 11) is 0. The Morgan fingerprint density at radius 1 is 1.25 bits per heavy atom. The van der Waals surface area contributed by atoms with Crippen molar-refractivity contribution in [3.63, 3.8) is 0 Å². The zero-order valence-corrected chi connectivity index (χ0v) is 11.4. The SMILES string of the molecule is CCOc1cc(N2CCc3ccccc32)c(N)cc1F. The van der Waals surface area contributed by atoms with Crippen molar-refractivity contribution in [1.29, 1.82) is 0 Å². The lowest BCUT2D eigenvalue weighted by atomic mass is 10.1. The molecule has 0 spiro atoms. The summed E-state index contributed by atoms with van der Waals surface area (Å²) in [6.45, 7) is 3.11. The molecule has 104 valence electrons. The number of hydrogen-bond acceptors (Lipinski definition) is 3. The second kappa shape index (κ2) is 5.04. The van der Waals surface area contributed by atoms with Gasteiger partial charge in [-0.05, 0) is 25.0 Å². The largest absolute Gasteiger partial charge is 0.491 e. The Labute approximate surface area is 117 Å². The van der Waals surface area contributed by atoms with Crippen molar-refractivity contribution < 1.29 is 9.13 Å². The maximum absolute atomic E-state index is 13.8. The second-order valence-electron chi connectivity index (χ2n) is 4.80. The number of ether oxygens (including phenoxy) is 1. The van der Waals surface area contributed by atoms with Gasteiger partial charge in [-0.2, -0.15) is 0 Å². The molecular weight excluding hydrogens is 255 g/mol. The van der Waals surface area contributed by atoms with Gasteiger partial charge >= 0.3 is 0 Å². The molecule has 2 aromatic rings. The molecule has 2 aromatic carbocycles. The minimum atomic E-state index is -0.416. The van der Waals surface area contributed by atoms with Crippen molar-refractivity contribution in [2.45, 2.75) is 13.3 Å². The molecule has 3 nitrogen and oxygen atoms in total. The molecule has 0 radical (unpaired) electrons. The Kier molecular flexibility index (Phi) is 3.22. The van der Waals surface area contributed by atoms with Crippen LogP contribution in [0.15, 0.2) is 36.4 Å². The molecule has 0 saturated heterocycles. The van der Waals surface area contributed by atoms with Crippen LogP contribution in [-0.4, -0.2) is 13.2 Å². The lowest BCUT2D eigenvalue weighted by Gasteiger charge is -2.22. The van der Waals surface area contributed by atoms with Gasteiger partial charge in [0.15, 0.2) is 11.6 Å². The quantitative estimate of drug-likeness (QED) is 0.869. The number of rotatable bonds is 3. The lowest BCUT2D eigenvalue weighted by molar-refractivity contribution is 0.322. The van der Waals surface area contributed by atoms with E-state index in [0.29, 0.717) is 12.3 Å². The van der Waals surface area contributed by atoms with Crippen LogP contribution in [0.25, 0.3) is 0 Å². The number of anilines is 3. The number of benzene rings is 2. The summed E-state index contributed by atoms with van der Waals surface area (Å²) < 4.78 is 19.1. The molecule has 20 heavy (non-hydrogen) atoms. The zero-order valence-electron chi connectivity index (χ0n) is 11.4. The molecule has 0 unspecified atom stereocenters. The lowest BCUT2D eigenvalue weighted by Crippen LogP contribution is -2.15. The highest BCUT2D eigenvalue weighted by Gasteiger charge is 2.23. The first-order valence-electron chi connectivity index (χ1n) is 6.78. The summed E-state index contributed by atoms with van der Waals surface area (Å²) in [5.41, 5.74) is 9.64. The predicted octanol–water partition coefficient (Wildman–Crippen LogP) is 3.50. The molecule has 1 aliphatic heterocycles. The molecule has 0 saturated carbocycles. The number of nitrogen functional groups attached to an aromatic ring is 1. The number of halogens is 1. The van der Waals surface area contributed by atoms with Gasteiger partial charge in [0.25, 0.3) is 0 Å². The van der Waals surface area contributed by atoms with Gasteiger partial charge in [0.05, 0.1) is 18.0 Å². The van der Waals surface area contributed by atoms with E-state index in [1.807, 2.05) is 19.1 Å². The van der Waals surface area contributed by atoms with Crippen LogP contribution in [0.2, 0.25) is 0 Å². The Morgan fingerprint density at radius 3 is 2.85 bits per heavy atom. The predicted molar refractivity (Wildman–Crippen MR) is 79.1 cm³/mol. The van der Waals surface area contributed by atoms with Crippen LogP contribution < -0.4 is 15.4 Å². The fourth-order valence-corrected chi connectivity index (χ4v) is 2.65. The first kappa shape index (κ1) is 12.8. The zero-order chi connectivity index (χ0) is 14.1. The van der Waals surface area contributed by atoms with Crippen LogP contribution in [-0.2, 0) is 6.42 Å². The smallest absolute Gasteiger partial charge is 0.167 e. The first-order chi connectivity index (χ1) is 9.70. The fourth-order valence-electron chi connectivity index (χ4n) is 2.65. The van der Waals surface area contributed by atoms with E-state index >= 15 is 0 Å². The van der Waals surface area contributed by atoms with E-state index in [9.17, 15) is 4.39 Å². The van der Waals surface area contributed by atoms with E-state index in [0.717, 1.165) is 24.3 Å². The third kappa shape index (κ3) is 2.07. The van der Waals surface area contributed by atoms with Crippen LogP contribution in [0.1, 0.15) is 12.5 Å². The van der Waals surface area contributed by atoms with E-state index in [1.165, 1.54) is 11.6 Å². The van der Waals surface area contributed by atoms with Crippen LogP contribution in [0.3, 0.4) is 0 Å². The van der Waals surface area contributed by atoms with Crippen LogP contribution in [0, 0.1) is 5.82 Å². The molecule has 0 atom stereocenters. The van der Waals surface area contributed by atoms with E-state index in [-0.39, 0.29) is 5.75 Å². The Bertz CT molecular complexity index is 642. The Morgan fingerprint density at radius 2 is 2.05 bits per heavy atom. The molecular formula is C16H17FN2O. The molecule has 1 aliphatic rings. The summed E-state index contributed by atoms with van der Waals surface area (Å²) in [6.07, 6.45) is 0.969. The number of para-hydroxylation sites is 1. The molecule has 0 aliphatic carbocycles. The van der Waals surface area contributed by atoms with E-state index in [1.54, 1.807) is 6.07 Å². The van der Waals surface area contributed by atoms with Crippen LogP contribution in [0.4, 0.5) is 21.5 Å². The van der Waals surface area contributed by atoms with Gasteiger partial charge in [0.2, 0.25) is 0 Å². The number of nitrogens with zero attached hydrogens (tertiary/aromatic N) is 1. The number of fused-ring (bicyclic) bond motifs is 1. The maximum Gasteiger partial charge on any atom is 0.167 e. The van der Waals surface area contributed by atoms with Crippen molar-refractivity contribution in [1.82, 2.24) is 0 Å². The fraction of sp³-hybridized carbons (Fsp3) is 0.250. The van der Waals surface area contributed by atoms with E-state index < -0.39 is 5.82 Å². The summed E-state index contributed by atoms with van der Waals surface area (Å²) >= 11 is 0. The van der Waals surface area contributed by atoms with Crippen molar-refractivity contribution >= 4 is 17.1 Å². The molecule has 0 fully saturated rings. The first-order valence-corrected chi connectivity index (χ1v) is 6.78. The van der Waals surface area contributed by atoms with Crippen LogP contribution >= 0.6 is 0 Å². The molecule has 3 rings (SSSR count). The van der Waals surface area contributed by atoms with Gasteiger partial charge < -0.3 is 15.4 Å². The van der Waals surface area contributed by atoms with Crippen LogP contribution in [0.5, 0.6) is 5.75 Å². The standard InChI is InChI=1S/C16H17FN2O/c1-2-20-16-10-15(13(18)9-12(16)17)19-8-7-11-5-3-4-6-14(11)19/h3-6,9-10H,2,7-8,18H2,1H3. The minimum Gasteiger partial charge on any atom is -0.491 e. The van der Waals surface area contributed by atoms with Gasteiger partial charge in [-0.15, -0.1) is 0 Å². The molecule has 1 heterocycles. The monoisotopic (exact) mass is 272 g/mol. The summed E-state index contributed by atoms with van der Waals surface area (Å²) in [4.78, 5) is 2.12. The van der Waals surface area contributed by atoms with Gasteiger partial charge in [0.1, 0.15) is 0 Å². The molecule has 2 N–H and O–H groups in total. The van der Waals surface area contributed by atoms with E-state index in [2.05, 4.69) is 17.0 Å². The molecule has 0 bridgehead atoms. The van der Waals surface area contributed by atoms with Gasteiger partial charge in [0, 0.05) is 24.4 Å². The van der Waals surface area contributed by atoms with Crippen molar-refractivity contribution in [3.05, 3.63) is 47.8 Å². The average Bonchev–Trinajstić information content (AvgIpc) is 2.86. The summed E-state index contributed by atoms with van der Waals surface area (Å²) in [6, 6.07) is 11.2. The molecule has 4 heteroatoms. The van der Waals surface area contributed by atoms with Gasteiger partial charge in [-0.3, -0.25) is 0 Å². The Balaban J connectivity index is 2.05. The van der Waals surface area contributed by atoms with Gasteiger partial charge in [-0.1, -0.05) is 18.2 Å². The third-order valence-electron chi connectivity index (χ3n) is 3.56. The van der Waals surface area contributed by atoms with Crippen molar-refractivity contribution in [3.8, 4) is 5.75 Å². The third-order valence-corrected chi connectivity index (χ3v) is 3.56. The Hall–Kier alpha value is -2.23. The number of nitrogens with two attached hydrogens (primary N) is 1. The summed E-state index contributed by atoms with van der Waals surface area (Å²) in [5.74, 6) is -0.165. The molecule has 0 aromatic heterocycles. The van der Waals surface area contributed by atoms with E-state index in [4.69, 9.17) is 10.5 Å². The van der Waals surface area contributed by atoms with Gasteiger partial charge in [-0.25, -0.2) is 4.39 Å². The van der Waals surface area contributed by atoms with Crippen molar-refractivity contribution in [2.75, 3.05) is 23.8 Å². The second-order valence-corrected chi connectivity index (χ2v) is 4.80. The highest BCUT2D eigenvalue weighted by molar-refractivity contribution is 5.79. The highest BCUT2D eigenvalue weighted by Crippen LogP contribution is 2.39. The minimum absolute atomic E-state index is 0.251. The topological polar surface area (TPSA) is 38.5 Å². The normalized spacial score (nSPS) is 13.4. The highest BCUT2D eigenvalue weighted by atomic mass is 19.1. The maximum atomic E-state index is 13.8. The average molecular weight is 272 g/mol. The number of hydrogen-bond donors (Lipinski definition) is 1. The molecule has 0 amide bonds. The van der Waals surface area contributed by atoms with Crippen molar-refractivity contribution in [2.24, 2.45) is 0 Å².